The van der Waals surface area contributed by atoms with E-state index in [9.17, 15) is 9.59 Å². The molecule has 2 amide bonds. The quantitative estimate of drug-likeness (QED) is 0.317. The molecule has 4 rings (SSSR count). The maximum absolute atomic E-state index is 12.5. The molecule has 0 unspecified atom stereocenters. The number of carbonyl (C=O) groups is 2. The zero-order valence-corrected chi connectivity index (χ0v) is 18.4. The van der Waals surface area contributed by atoms with Crippen molar-refractivity contribution in [1.29, 1.82) is 0 Å². The van der Waals surface area contributed by atoms with Crippen LogP contribution in [-0.4, -0.2) is 11.8 Å². The van der Waals surface area contributed by atoms with Gasteiger partial charge in [-0.25, -0.2) is 0 Å². The number of hydrogen-bond acceptors (Lipinski definition) is 3. The smallest absolute Gasteiger partial charge is 0.291 e. The zero-order chi connectivity index (χ0) is 21.8. The molecule has 0 aliphatic heterocycles. The van der Waals surface area contributed by atoms with Crippen LogP contribution in [0, 0.1) is 0 Å². The maximum atomic E-state index is 12.5. The molecule has 1 aromatic heterocycles. The van der Waals surface area contributed by atoms with Crippen LogP contribution in [0.4, 0.5) is 11.4 Å². The van der Waals surface area contributed by atoms with Gasteiger partial charge in [0.15, 0.2) is 5.76 Å². The summed E-state index contributed by atoms with van der Waals surface area (Å²) in [4.78, 5) is 24.8. The van der Waals surface area contributed by atoms with Gasteiger partial charge in [0.1, 0.15) is 5.76 Å². The van der Waals surface area contributed by atoms with Crippen LogP contribution < -0.4 is 10.6 Å². The SMILES string of the molecule is O=C(Nc1ccc(NC(=O)c2ccc(-c3ccc(Br)cc3)o2)cc1Cl)c1ccccc1. The normalized spacial score (nSPS) is 10.5. The van der Waals surface area contributed by atoms with Gasteiger partial charge in [0, 0.05) is 21.3 Å². The van der Waals surface area contributed by atoms with Crippen LogP contribution >= 0.6 is 27.5 Å². The van der Waals surface area contributed by atoms with Gasteiger partial charge in [-0.1, -0.05) is 57.9 Å². The van der Waals surface area contributed by atoms with E-state index in [1.54, 1.807) is 54.6 Å². The van der Waals surface area contributed by atoms with Crippen LogP contribution in [0.1, 0.15) is 20.9 Å². The fraction of sp³-hybridized carbons (Fsp3) is 0. The third-order valence-corrected chi connectivity index (χ3v) is 5.31. The van der Waals surface area contributed by atoms with E-state index in [1.165, 1.54) is 0 Å². The first-order chi connectivity index (χ1) is 15.0. The molecule has 1 heterocycles. The highest BCUT2D eigenvalue weighted by molar-refractivity contribution is 9.10. The second-order valence-electron chi connectivity index (χ2n) is 6.64. The van der Waals surface area contributed by atoms with Crippen molar-refractivity contribution in [1.82, 2.24) is 0 Å². The summed E-state index contributed by atoms with van der Waals surface area (Å²) in [5.41, 5.74) is 2.32. The Hall–Kier alpha value is -3.35. The lowest BCUT2D eigenvalue weighted by molar-refractivity contribution is 0.0995. The molecule has 0 aliphatic carbocycles. The molecular weight excluding hydrogens is 480 g/mol. The lowest BCUT2D eigenvalue weighted by Crippen LogP contribution is -2.13. The summed E-state index contributed by atoms with van der Waals surface area (Å²) >= 11 is 9.68. The first-order valence-electron chi connectivity index (χ1n) is 9.33. The number of rotatable bonds is 5. The van der Waals surface area contributed by atoms with Crippen LogP contribution in [0.15, 0.2) is 93.8 Å². The fourth-order valence-corrected chi connectivity index (χ4v) is 3.39. The van der Waals surface area contributed by atoms with E-state index in [4.69, 9.17) is 16.0 Å². The van der Waals surface area contributed by atoms with Crippen molar-refractivity contribution in [3.8, 4) is 11.3 Å². The van der Waals surface area contributed by atoms with Crippen LogP contribution in [0.3, 0.4) is 0 Å². The number of amides is 2. The summed E-state index contributed by atoms with van der Waals surface area (Å²) in [5, 5.41) is 5.81. The van der Waals surface area contributed by atoms with Crippen molar-refractivity contribution in [2.24, 2.45) is 0 Å². The molecule has 31 heavy (non-hydrogen) atoms. The summed E-state index contributed by atoms with van der Waals surface area (Å²) in [6.07, 6.45) is 0. The molecule has 7 heteroatoms. The minimum absolute atomic E-state index is 0.176. The van der Waals surface area contributed by atoms with E-state index in [0.717, 1.165) is 10.0 Å². The molecule has 0 fully saturated rings. The molecule has 0 aliphatic rings. The summed E-state index contributed by atoms with van der Waals surface area (Å²) in [6.45, 7) is 0. The van der Waals surface area contributed by atoms with E-state index in [2.05, 4.69) is 26.6 Å². The standard InChI is InChI=1S/C24H16BrClN2O3/c25-17-8-6-15(7-9-17)21-12-13-22(31-21)24(30)27-18-10-11-20(19(26)14-18)28-23(29)16-4-2-1-3-5-16/h1-14H,(H,27,30)(H,28,29). The Morgan fingerprint density at radius 3 is 2.26 bits per heavy atom. The molecule has 4 aromatic rings. The first-order valence-corrected chi connectivity index (χ1v) is 10.5. The topological polar surface area (TPSA) is 71.3 Å². The van der Waals surface area contributed by atoms with Crippen LogP contribution in [0.5, 0.6) is 0 Å². The Labute approximate surface area is 192 Å². The Bertz CT molecular complexity index is 1240. The number of benzene rings is 3. The van der Waals surface area contributed by atoms with Gasteiger partial charge in [0.2, 0.25) is 0 Å². The first kappa shape index (κ1) is 20.9. The third-order valence-electron chi connectivity index (χ3n) is 4.47. The van der Waals surface area contributed by atoms with E-state index in [1.807, 2.05) is 30.3 Å². The molecule has 0 saturated carbocycles. The molecule has 0 spiro atoms. The van der Waals surface area contributed by atoms with Gasteiger partial charge in [-0.3, -0.25) is 9.59 Å². The highest BCUT2D eigenvalue weighted by atomic mass is 79.9. The van der Waals surface area contributed by atoms with Gasteiger partial charge < -0.3 is 15.1 Å². The van der Waals surface area contributed by atoms with Crippen molar-refractivity contribution >= 4 is 50.7 Å². The Balaban J connectivity index is 1.44. The van der Waals surface area contributed by atoms with Gasteiger partial charge in [-0.15, -0.1) is 0 Å². The van der Waals surface area contributed by atoms with Gasteiger partial charge in [-0.2, -0.15) is 0 Å². The van der Waals surface area contributed by atoms with Gasteiger partial charge in [0.25, 0.3) is 11.8 Å². The average molecular weight is 496 g/mol. The third kappa shape index (κ3) is 5.05. The van der Waals surface area contributed by atoms with Gasteiger partial charge in [0.05, 0.1) is 10.7 Å². The number of furan rings is 1. The maximum Gasteiger partial charge on any atom is 0.291 e. The molecule has 0 bridgehead atoms. The Kier molecular flexibility index (Phi) is 6.21. The van der Waals surface area contributed by atoms with Crippen molar-refractivity contribution in [3.05, 3.63) is 106 Å². The zero-order valence-electron chi connectivity index (χ0n) is 16.1. The molecule has 5 nitrogen and oxygen atoms in total. The van der Waals surface area contributed by atoms with E-state index < -0.39 is 5.91 Å². The van der Waals surface area contributed by atoms with E-state index >= 15 is 0 Å². The predicted octanol–water partition coefficient (Wildman–Crippen LogP) is 6.87. The highest BCUT2D eigenvalue weighted by Crippen LogP contribution is 2.28. The number of hydrogen-bond donors (Lipinski definition) is 2. The van der Waals surface area contributed by atoms with Gasteiger partial charge in [-0.05, 0) is 54.6 Å². The Morgan fingerprint density at radius 1 is 0.806 bits per heavy atom. The molecule has 0 radical (unpaired) electrons. The predicted molar refractivity (Wildman–Crippen MR) is 126 cm³/mol. The molecule has 0 saturated heterocycles. The molecule has 3 aromatic carbocycles. The molecule has 2 N–H and O–H groups in total. The van der Waals surface area contributed by atoms with E-state index in [-0.39, 0.29) is 11.7 Å². The molecule has 154 valence electrons. The van der Waals surface area contributed by atoms with Crippen molar-refractivity contribution < 1.29 is 14.0 Å². The molecular formula is C24H16BrClN2O3. The number of nitrogens with one attached hydrogen (secondary N) is 2. The van der Waals surface area contributed by atoms with Crippen molar-refractivity contribution in [3.63, 3.8) is 0 Å². The largest absolute Gasteiger partial charge is 0.451 e. The molecule has 0 atom stereocenters. The minimum atomic E-state index is -0.402. The second kappa shape index (κ2) is 9.20. The second-order valence-corrected chi connectivity index (χ2v) is 7.96. The van der Waals surface area contributed by atoms with Crippen LogP contribution in [0.25, 0.3) is 11.3 Å². The highest BCUT2D eigenvalue weighted by Gasteiger charge is 2.14. The minimum Gasteiger partial charge on any atom is -0.451 e. The average Bonchev–Trinajstić information content (AvgIpc) is 3.27. The summed E-state index contributed by atoms with van der Waals surface area (Å²) in [5.74, 6) is 0.0981. The van der Waals surface area contributed by atoms with Crippen LogP contribution in [-0.2, 0) is 0 Å². The van der Waals surface area contributed by atoms with Crippen molar-refractivity contribution in [2.75, 3.05) is 10.6 Å². The number of carbonyl (C=O) groups excluding carboxylic acids is 2. The Morgan fingerprint density at radius 2 is 1.55 bits per heavy atom. The monoisotopic (exact) mass is 494 g/mol. The van der Waals surface area contributed by atoms with Crippen LogP contribution in [0.2, 0.25) is 5.02 Å². The lowest BCUT2D eigenvalue weighted by Gasteiger charge is -2.10. The van der Waals surface area contributed by atoms with E-state index in [0.29, 0.717) is 27.7 Å². The summed E-state index contributed by atoms with van der Waals surface area (Å²) in [7, 11) is 0. The van der Waals surface area contributed by atoms with Gasteiger partial charge >= 0.3 is 0 Å². The summed E-state index contributed by atoms with van der Waals surface area (Å²) in [6, 6.07) is 24.6. The van der Waals surface area contributed by atoms with Crippen molar-refractivity contribution in [2.45, 2.75) is 0 Å². The lowest BCUT2D eigenvalue weighted by atomic mass is 10.2. The number of anilines is 2. The fourth-order valence-electron chi connectivity index (χ4n) is 2.90. The summed E-state index contributed by atoms with van der Waals surface area (Å²) < 4.78 is 6.64. The number of halogens is 2.